The molecule has 1 fully saturated rings. The minimum absolute atomic E-state index is 0.286. The number of hydrogen-bond donors (Lipinski definition) is 2. The van der Waals surface area contributed by atoms with E-state index in [2.05, 4.69) is 10.6 Å². The largest absolute Gasteiger partial charge is 0.365 e. The summed E-state index contributed by atoms with van der Waals surface area (Å²) in [5, 5.41) is 4.40. The van der Waals surface area contributed by atoms with Crippen LogP contribution < -0.4 is 10.6 Å². The molecule has 0 spiro atoms. The maximum atomic E-state index is 11.3. The van der Waals surface area contributed by atoms with Crippen LogP contribution in [0.3, 0.4) is 0 Å². The van der Waals surface area contributed by atoms with E-state index in [-0.39, 0.29) is 11.1 Å². The van der Waals surface area contributed by atoms with E-state index in [1.54, 1.807) is 0 Å². The highest BCUT2D eigenvalue weighted by Crippen LogP contribution is 2.21. The fourth-order valence-electron chi connectivity index (χ4n) is 1.34. The summed E-state index contributed by atoms with van der Waals surface area (Å²) in [6, 6.07) is 7.66. The first kappa shape index (κ1) is 10.0. The van der Waals surface area contributed by atoms with E-state index in [0.29, 0.717) is 0 Å². The van der Waals surface area contributed by atoms with Crippen LogP contribution in [0.2, 0.25) is 0 Å². The Morgan fingerprint density at radius 2 is 2.20 bits per heavy atom. The van der Waals surface area contributed by atoms with Crippen LogP contribution in [0.25, 0.3) is 0 Å². The average Bonchev–Trinajstić information content (AvgIpc) is 2.45. The second kappa shape index (κ2) is 3.94. The highest BCUT2D eigenvalue weighted by Gasteiger charge is 2.31. The number of aryl methyl sites for hydroxylation is 1. The van der Waals surface area contributed by atoms with E-state index in [1.807, 2.05) is 31.2 Å². The van der Waals surface area contributed by atoms with Crippen LogP contribution in [-0.2, 0) is 4.79 Å². The normalized spacial score (nSPS) is 20.2. The van der Waals surface area contributed by atoms with Gasteiger partial charge in [-0.2, -0.15) is 0 Å². The Balaban J connectivity index is 2.09. The monoisotopic (exact) mass is 222 g/mol. The van der Waals surface area contributed by atoms with Gasteiger partial charge in [-0.05, 0) is 36.4 Å². The second-order valence-corrected chi connectivity index (χ2v) is 4.37. The number of benzene rings is 1. The zero-order valence-corrected chi connectivity index (χ0v) is 8.93. The van der Waals surface area contributed by atoms with Gasteiger partial charge in [0, 0.05) is 5.69 Å². The van der Waals surface area contributed by atoms with Crippen molar-refractivity contribution >= 4 is 28.6 Å². The van der Waals surface area contributed by atoms with Gasteiger partial charge in [-0.15, -0.1) is 0 Å². The number of amides is 2. The number of carbonyl (C=O) groups is 2. The van der Waals surface area contributed by atoms with Crippen molar-refractivity contribution in [2.24, 2.45) is 0 Å². The second-order valence-electron chi connectivity index (χ2n) is 3.29. The number of thioether (sulfide) groups is 1. The summed E-state index contributed by atoms with van der Waals surface area (Å²) < 4.78 is 0. The van der Waals surface area contributed by atoms with Crippen molar-refractivity contribution in [1.82, 2.24) is 5.32 Å². The van der Waals surface area contributed by atoms with Crippen LogP contribution in [0.5, 0.6) is 0 Å². The van der Waals surface area contributed by atoms with Crippen LogP contribution in [0.15, 0.2) is 24.3 Å². The van der Waals surface area contributed by atoms with Gasteiger partial charge in [0.25, 0.3) is 11.1 Å². The quantitative estimate of drug-likeness (QED) is 0.800. The highest BCUT2D eigenvalue weighted by atomic mass is 32.2. The fraction of sp³-hybridized carbons (Fsp3) is 0.200. The predicted octanol–water partition coefficient (Wildman–Crippen LogP) is 1.72. The van der Waals surface area contributed by atoms with Gasteiger partial charge in [-0.3, -0.25) is 14.9 Å². The highest BCUT2D eigenvalue weighted by molar-refractivity contribution is 8.15. The minimum atomic E-state index is -0.515. The Kier molecular flexibility index (Phi) is 2.64. The molecule has 0 saturated carbocycles. The standard InChI is InChI=1S/C10H10N2O2S/c1-6-3-2-4-7(5-6)11-9-8(13)12-10(14)15-9/h2-5,9,11H,1H3,(H,12,13,14)/t9-/m1/s1. The third-order valence-corrected chi connectivity index (χ3v) is 2.89. The molecule has 1 aromatic carbocycles. The lowest BCUT2D eigenvalue weighted by Crippen LogP contribution is -2.29. The number of imide groups is 1. The molecule has 15 heavy (non-hydrogen) atoms. The molecule has 1 aliphatic heterocycles. The van der Waals surface area contributed by atoms with E-state index < -0.39 is 5.37 Å². The van der Waals surface area contributed by atoms with Gasteiger partial charge >= 0.3 is 0 Å². The molecule has 1 saturated heterocycles. The van der Waals surface area contributed by atoms with E-state index in [9.17, 15) is 9.59 Å². The maximum Gasteiger partial charge on any atom is 0.288 e. The molecule has 1 atom stereocenters. The van der Waals surface area contributed by atoms with Crippen LogP contribution in [0.4, 0.5) is 10.5 Å². The number of hydrogen-bond acceptors (Lipinski definition) is 4. The lowest BCUT2D eigenvalue weighted by molar-refractivity contribution is -0.118. The predicted molar refractivity (Wildman–Crippen MR) is 59.7 cm³/mol. The molecule has 1 aliphatic rings. The maximum absolute atomic E-state index is 11.3. The van der Waals surface area contributed by atoms with Crippen LogP contribution in [-0.4, -0.2) is 16.5 Å². The van der Waals surface area contributed by atoms with Crippen LogP contribution in [0.1, 0.15) is 5.56 Å². The lowest BCUT2D eigenvalue weighted by Gasteiger charge is -2.09. The molecule has 0 radical (unpaired) electrons. The molecule has 5 heteroatoms. The van der Waals surface area contributed by atoms with Gasteiger partial charge in [0.1, 0.15) is 0 Å². The number of nitrogens with one attached hydrogen (secondary N) is 2. The number of rotatable bonds is 2. The van der Waals surface area contributed by atoms with E-state index >= 15 is 0 Å². The van der Waals surface area contributed by atoms with Crippen molar-refractivity contribution in [2.45, 2.75) is 12.3 Å². The van der Waals surface area contributed by atoms with E-state index in [0.717, 1.165) is 23.0 Å². The molecule has 2 amide bonds. The molecule has 0 unspecified atom stereocenters. The van der Waals surface area contributed by atoms with E-state index in [4.69, 9.17) is 0 Å². The third-order valence-electron chi connectivity index (χ3n) is 2.00. The van der Waals surface area contributed by atoms with Gasteiger partial charge in [0.2, 0.25) is 0 Å². The average molecular weight is 222 g/mol. The molecular weight excluding hydrogens is 212 g/mol. The Morgan fingerprint density at radius 3 is 2.80 bits per heavy atom. The first-order chi connectivity index (χ1) is 7.15. The van der Waals surface area contributed by atoms with Crippen molar-refractivity contribution in [3.8, 4) is 0 Å². The van der Waals surface area contributed by atoms with Gasteiger partial charge in [0.15, 0.2) is 5.37 Å². The number of anilines is 1. The molecule has 78 valence electrons. The first-order valence-electron chi connectivity index (χ1n) is 4.50. The SMILES string of the molecule is Cc1cccc(N[C@@H]2SC(=O)NC2=O)c1. The van der Waals surface area contributed by atoms with Gasteiger partial charge in [-0.1, -0.05) is 12.1 Å². The molecule has 2 rings (SSSR count). The molecule has 2 N–H and O–H groups in total. The number of carbonyl (C=O) groups excluding carboxylic acids is 2. The smallest absolute Gasteiger partial charge is 0.288 e. The summed E-state index contributed by atoms with van der Waals surface area (Å²) in [5.41, 5.74) is 1.95. The zero-order chi connectivity index (χ0) is 10.8. The summed E-state index contributed by atoms with van der Waals surface area (Å²) in [6.45, 7) is 1.97. The zero-order valence-electron chi connectivity index (χ0n) is 8.11. The summed E-state index contributed by atoms with van der Waals surface area (Å²) in [5.74, 6) is -0.286. The molecule has 0 aliphatic carbocycles. The summed E-state index contributed by atoms with van der Waals surface area (Å²) in [4.78, 5) is 22.2. The summed E-state index contributed by atoms with van der Waals surface area (Å²) in [7, 11) is 0. The summed E-state index contributed by atoms with van der Waals surface area (Å²) in [6.07, 6.45) is 0. The Bertz CT molecular complexity index is 420. The molecular formula is C10H10N2O2S. The van der Waals surface area contributed by atoms with Crippen molar-refractivity contribution in [3.05, 3.63) is 29.8 Å². The molecule has 1 heterocycles. The Labute approximate surface area is 91.4 Å². The van der Waals surface area contributed by atoms with Crippen molar-refractivity contribution in [2.75, 3.05) is 5.32 Å². The first-order valence-corrected chi connectivity index (χ1v) is 5.38. The van der Waals surface area contributed by atoms with Gasteiger partial charge in [0.05, 0.1) is 0 Å². The molecule has 0 aromatic heterocycles. The van der Waals surface area contributed by atoms with Crippen molar-refractivity contribution in [3.63, 3.8) is 0 Å². The topological polar surface area (TPSA) is 58.2 Å². The Morgan fingerprint density at radius 1 is 1.40 bits per heavy atom. The lowest BCUT2D eigenvalue weighted by atomic mass is 10.2. The van der Waals surface area contributed by atoms with Crippen LogP contribution >= 0.6 is 11.8 Å². The fourth-order valence-corrected chi connectivity index (χ4v) is 2.07. The van der Waals surface area contributed by atoms with Crippen molar-refractivity contribution < 1.29 is 9.59 Å². The van der Waals surface area contributed by atoms with E-state index in [1.165, 1.54) is 0 Å². The molecule has 4 nitrogen and oxygen atoms in total. The summed E-state index contributed by atoms with van der Waals surface area (Å²) >= 11 is 0.964. The van der Waals surface area contributed by atoms with Crippen molar-refractivity contribution in [1.29, 1.82) is 0 Å². The van der Waals surface area contributed by atoms with Gasteiger partial charge < -0.3 is 5.32 Å². The third kappa shape index (κ3) is 2.30. The van der Waals surface area contributed by atoms with Crippen LogP contribution in [0, 0.1) is 6.92 Å². The molecule has 0 bridgehead atoms. The minimum Gasteiger partial charge on any atom is -0.365 e. The molecule has 1 aromatic rings. The Hall–Kier alpha value is -1.49. The van der Waals surface area contributed by atoms with Gasteiger partial charge in [-0.25, -0.2) is 0 Å².